The van der Waals surface area contributed by atoms with Crippen LogP contribution in [0.1, 0.15) is 48.1 Å². The summed E-state index contributed by atoms with van der Waals surface area (Å²) in [6.07, 6.45) is 2.64. The maximum absolute atomic E-state index is 12.3. The van der Waals surface area contributed by atoms with Crippen molar-refractivity contribution < 1.29 is 14.4 Å². The normalized spacial score (nSPS) is 20.4. The molecule has 0 spiro atoms. The van der Waals surface area contributed by atoms with Crippen molar-refractivity contribution in [1.82, 2.24) is 25.5 Å². The Morgan fingerprint density at radius 3 is 2.81 bits per heavy atom. The summed E-state index contributed by atoms with van der Waals surface area (Å²) in [6.45, 7) is 1.65. The number of hydrogen-bond donors (Lipinski definition) is 2. The molecule has 1 fully saturated rings. The van der Waals surface area contributed by atoms with Crippen molar-refractivity contribution in [1.29, 1.82) is 0 Å². The number of aliphatic hydroxyl groups excluding tert-OH is 1. The Kier molecular flexibility index (Phi) is 4.26. The first-order valence-electron chi connectivity index (χ1n) is 8.53. The van der Waals surface area contributed by atoms with E-state index in [1.165, 1.54) is 0 Å². The SMILES string of the molecule is CC(O)c1cn([C@H]2C[C@@H](NC(=O)c3cc(-c4ccccc4)on3)C2)nn1. The first kappa shape index (κ1) is 16.5. The van der Waals surface area contributed by atoms with Gasteiger partial charge in [-0.05, 0) is 19.8 Å². The molecule has 1 amide bonds. The summed E-state index contributed by atoms with van der Waals surface area (Å²) in [5, 5.41) is 24.3. The smallest absolute Gasteiger partial charge is 0.273 e. The van der Waals surface area contributed by atoms with Crippen molar-refractivity contribution in [3.63, 3.8) is 0 Å². The number of carbonyl (C=O) groups excluding carboxylic acids is 1. The van der Waals surface area contributed by atoms with E-state index in [0.717, 1.165) is 18.4 Å². The van der Waals surface area contributed by atoms with E-state index in [1.54, 1.807) is 23.9 Å². The summed E-state index contributed by atoms with van der Waals surface area (Å²) < 4.78 is 7.01. The molecule has 2 heterocycles. The molecular weight excluding hydrogens is 334 g/mol. The minimum Gasteiger partial charge on any atom is -0.387 e. The Labute approximate surface area is 149 Å². The van der Waals surface area contributed by atoms with Crippen LogP contribution in [-0.4, -0.2) is 37.2 Å². The molecule has 1 unspecified atom stereocenters. The van der Waals surface area contributed by atoms with E-state index in [9.17, 15) is 9.90 Å². The molecule has 3 aromatic rings. The van der Waals surface area contributed by atoms with E-state index in [1.807, 2.05) is 30.3 Å². The van der Waals surface area contributed by atoms with Gasteiger partial charge in [0.2, 0.25) is 0 Å². The van der Waals surface area contributed by atoms with Crippen LogP contribution in [0.3, 0.4) is 0 Å². The van der Waals surface area contributed by atoms with Gasteiger partial charge in [0.15, 0.2) is 11.5 Å². The molecule has 1 saturated carbocycles. The molecule has 1 aliphatic carbocycles. The number of carbonyl (C=O) groups is 1. The summed E-state index contributed by atoms with van der Waals surface area (Å²) in [6, 6.07) is 11.4. The zero-order valence-electron chi connectivity index (χ0n) is 14.2. The van der Waals surface area contributed by atoms with Crippen LogP contribution in [0.4, 0.5) is 0 Å². The van der Waals surface area contributed by atoms with E-state index in [0.29, 0.717) is 11.5 Å². The Morgan fingerprint density at radius 2 is 2.12 bits per heavy atom. The van der Waals surface area contributed by atoms with Crippen LogP contribution in [0.15, 0.2) is 47.1 Å². The molecule has 4 rings (SSSR count). The summed E-state index contributed by atoms with van der Waals surface area (Å²) in [4.78, 5) is 12.3. The van der Waals surface area contributed by atoms with Gasteiger partial charge in [0.05, 0.1) is 18.3 Å². The number of aromatic nitrogens is 4. The molecule has 26 heavy (non-hydrogen) atoms. The molecular formula is C18H19N5O3. The van der Waals surface area contributed by atoms with Crippen LogP contribution >= 0.6 is 0 Å². The lowest BCUT2D eigenvalue weighted by molar-refractivity contribution is 0.0878. The standard InChI is InChI=1S/C18H19N5O3/c1-11(24)16-10-23(22-20-16)14-7-13(8-14)19-18(25)15-9-17(26-21-15)12-5-3-2-4-6-12/h2-6,9-11,13-14,24H,7-8H2,1H3,(H,19,25)/t11?,13-,14+. The molecule has 0 aliphatic heterocycles. The van der Waals surface area contributed by atoms with E-state index in [-0.39, 0.29) is 23.7 Å². The van der Waals surface area contributed by atoms with Gasteiger partial charge >= 0.3 is 0 Å². The highest BCUT2D eigenvalue weighted by molar-refractivity contribution is 5.93. The van der Waals surface area contributed by atoms with E-state index >= 15 is 0 Å². The molecule has 8 nitrogen and oxygen atoms in total. The van der Waals surface area contributed by atoms with Crippen molar-refractivity contribution in [2.45, 2.75) is 38.0 Å². The van der Waals surface area contributed by atoms with Gasteiger partial charge < -0.3 is 14.9 Å². The summed E-state index contributed by atoms with van der Waals surface area (Å²) in [5.74, 6) is 0.318. The molecule has 2 N–H and O–H groups in total. The first-order valence-corrected chi connectivity index (χ1v) is 8.53. The Balaban J connectivity index is 1.33. The molecule has 134 valence electrons. The summed E-state index contributed by atoms with van der Waals surface area (Å²) >= 11 is 0. The fourth-order valence-corrected chi connectivity index (χ4v) is 2.96. The molecule has 1 aromatic carbocycles. The molecule has 0 saturated heterocycles. The van der Waals surface area contributed by atoms with Gasteiger partial charge in [0, 0.05) is 17.7 Å². The number of amides is 1. The van der Waals surface area contributed by atoms with E-state index in [2.05, 4.69) is 20.8 Å². The molecule has 1 aliphatic rings. The number of nitrogens with one attached hydrogen (secondary N) is 1. The lowest BCUT2D eigenvalue weighted by Crippen LogP contribution is -2.45. The number of rotatable bonds is 5. The van der Waals surface area contributed by atoms with Crippen LogP contribution in [-0.2, 0) is 0 Å². The number of nitrogens with zero attached hydrogens (tertiary/aromatic N) is 4. The molecule has 2 aromatic heterocycles. The highest BCUT2D eigenvalue weighted by Gasteiger charge is 2.33. The summed E-state index contributed by atoms with van der Waals surface area (Å²) in [5.41, 5.74) is 1.70. The number of benzene rings is 1. The lowest BCUT2D eigenvalue weighted by atomic mass is 9.87. The maximum Gasteiger partial charge on any atom is 0.273 e. The first-order chi connectivity index (χ1) is 12.6. The third kappa shape index (κ3) is 3.23. The van der Waals surface area contributed by atoms with Crippen LogP contribution in [0.25, 0.3) is 11.3 Å². The second kappa shape index (κ2) is 6.72. The van der Waals surface area contributed by atoms with Gasteiger partial charge in [-0.15, -0.1) is 5.10 Å². The Hall–Kier alpha value is -3.00. The number of hydrogen-bond acceptors (Lipinski definition) is 6. The van der Waals surface area contributed by atoms with Gasteiger partial charge in [-0.1, -0.05) is 40.7 Å². The van der Waals surface area contributed by atoms with Crippen molar-refractivity contribution in [2.75, 3.05) is 0 Å². The molecule has 0 radical (unpaired) electrons. The van der Waals surface area contributed by atoms with Crippen molar-refractivity contribution in [3.8, 4) is 11.3 Å². The minimum absolute atomic E-state index is 0.0589. The van der Waals surface area contributed by atoms with E-state index in [4.69, 9.17) is 4.52 Å². The van der Waals surface area contributed by atoms with Crippen molar-refractivity contribution in [2.24, 2.45) is 0 Å². The summed E-state index contributed by atoms with van der Waals surface area (Å²) in [7, 11) is 0. The highest BCUT2D eigenvalue weighted by Crippen LogP contribution is 2.32. The zero-order valence-corrected chi connectivity index (χ0v) is 14.2. The number of aliphatic hydroxyl groups is 1. The fourth-order valence-electron chi connectivity index (χ4n) is 2.96. The van der Waals surface area contributed by atoms with Crippen molar-refractivity contribution >= 4 is 5.91 Å². The average molecular weight is 353 g/mol. The fraction of sp³-hybridized carbons (Fsp3) is 0.333. The van der Waals surface area contributed by atoms with Gasteiger partial charge in [-0.25, -0.2) is 4.68 Å². The second-order valence-corrected chi connectivity index (χ2v) is 6.54. The molecule has 8 heteroatoms. The van der Waals surface area contributed by atoms with Crippen LogP contribution < -0.4 is 5.32 Å². The molecule has 1 atom stereocenters. The van der Waals surface area contributed by atoms with Gasteiger partial charge in [0.25, 0.3) is 5.91 Å². The third-order valence-electron chi connectivity index (χ3n) is 4.58. The second-order valence-electron chi connectivity index (χ2n) is 6.54. The zero-order chi connectivity index (χ0) is 18.1. The monoisotopic (exact) mass is 353 g/mol. The van der Waals surface area contributed by atoms with Crippen LogP contribution in [0, 0.1) is 0 Å². The quantitative estimate of drug-likeness (QED) is 0.728. The Morgan fingerprint density at radius 1 is 1.35 bits per heavy atom. The predicted molar refractivity (Wildman–Crippen MR) is 92.1 cm³/mol. The Bertz CT molecular complexity index is 896. The van der Waals surface area contributed by atoms with Crippen LogP contribution in [0.2, 0.25) is 0 Å². The van der Waals surface area contributed by atoms with Gasteiger partial charge in [-0.3, -0.25) is 4.79 Å². The van der Waals surface area contributed by atoms with Gasteiger partial charge in [-0.2, -0.15) is 0 Å². The largest absolute Gasteiger partial charge is 0.387 e. The average Bonchev–Trinajstić information content (AvgIpc) is 3.28. The highest BCUT2D eigenvalue weighted by atomic mass is 16.5. The third-order valence-corrected chi connectivity index (χ3v) is 4.58. The van der Waals surface area contributed by atoms with Gasteiger partial charge in [0.1, 0.15) is 5.69 Å². The maximum atomic E-state index is 12.3. The molecule has 0 bridgehead atoms. The lowest BCUT2D eigenvalue weighted by Gasteiger charge is -2.35. The topological polar surface area (TPSA) is 106 Å². The van der Waals surface area contributed by atoms with E-state index < -0.39 is 6.10 Å². The predicted octanol–water partition coefficient (Wildman–Crippen LogP) is 2.12. The van der Waals surface area contributed by atoms with Crippen molar-refractivity contribution in [3.05, 3.63) is 54.0 Å². The minimum atomic E-state index is -0.634. The van der Waals surface area contributed by atoms with Crippen LogP contribution in [0.5, 0.6) is 0 Å².